The van der Waals surface area contributed by atoms with Gasteiger partial charge >= 0.3 is 6.18 Å². The summed E-state index contributed by atoms with van der Waals surface area (Å²) in [6.07, 6.45) is 2.87. The Morgan fingerprint density at radius 2 is 1.98 bits per heavy atom. The average molecular weight is 601 g/mol. The van der Waals surface area contributed by atoms with Crippen molar-refractivity contribution in [3.8, 4) is 0 Å². The van der Waals surface area contributed by atoms with Crippen LogP contribution in [-0.2, 0) is 23.9 Å². The molecule has 2 aliphatic rings. The minimum absolute atomic E-state index is 0.000999. The SMILES string of the molecule is O=C1N=C(N2CCC(O)(Cn3ccnc3)CC2)SC1=C(Cc1ccc(Cl)cc1C(F)(F)F)c1ccc2[nH]ncc2c1. The lowest BCUT2D eigenvalue weighted by Gasteiger charge is -2.38. The van der Waals surface area contributed by atoms with Crippen molar-refractivity contribution >= 4 is 50.9 Å². The summed E-state index contributed by atoms with van der Waals surface area (Å²) < 4.78 is 43.8. The van der Waals surface area contributed by atoms with Crippen molar-refractivity contribution in [3.05, 3.63) is 87.9 Å². The molecule has 1 saturated heterocycles. The quantitative estimate of drug-likeness (QED) is 0.292. The number of carbonyl (C=O) groups is 1. The number of hydrogen-bond donors (Lipinski definition) is 2. The maximum atomic E-state index is 14.0. The number of aromatic nitrogens is 4. The van der Waals surface area contributed by atoms with Crippen LogP contribution in [0.1, 0.15) is 29.5 Å². The summed E-state index contributed by atoms with van der Waals surface area (Å²) in [4.78, 5) is 23.8. The number of hydrogen-bond acceptors (Lipinski definition) is 6. The number of halogens is 4. The van der Waals surface area contributed by atoms with Gasteiger partial charge in [0, 0.05) is 35.9 Å². The predicted molar refractivity (Wildman–Crippen MR) is 151 cm³/mol. The number of benzene rings is 2. The maximum Gasteiger partial charge on any atom is 0.416 e. The van der Waals surface area contributed by atoms with Gasteiger partial charge in [-0.1, -0.05) is 23.7 Å². The maximum absolute atomic E-state index is 14.0. The number of H-pyrrole nitrogens is 1. The van der Waals surface area contributed by atoms with E-state index in [-0.39, 0.29) is 21.9 Å². The van der Waals surface area contributed by atoms with Crippen molar-refractivity contribution in [1.29, 1.82) is 0 Å². The zero-order valence-corrected chi connectivity index (χ0v) is 23.1. The number of amidine groups is 1. The van der Waals surface area contributed by atoms with E-state index in [0.29, 0.717) is 48.8 Å². The zero-order valence-electron chi connectivity index (χ0n) is 21.5. The Labute approximate surface area is 241 Å². The van der Waals surface area contributed by atoms with Crippen molar-refractivity contribution < 1.29 is 23.1 Å². The van der Waals surface area contributed by atoms with Crippen LogP contribution in [0.15, 0.2) is 71.2 Å². The van der Waals surface area contributed by atoms with Gasteiger partial charge in [-0.25, -0.2) is 4.98 Å². The number of allylic oxidation sites excluding steroid dienone is 1. The molecule has 13 heteroatoms. The third-order valence-corrected chi connectivity index (χ3v) is 8.79. The fourth-order valence-corrected chi connectivity index (χ4v) is 6.46. The second kappa shape index (κ2) is 10.7. The number of aliphatic imine (C=N–C) groups is 1. The molecule has 2 aromatic carbocycles. The smallest absolute Gasteiger partial charge is 0.388 e. The molecule has 8 nitrogen and oxygen atoms in total. The first-order chi connectivity index (χ1) is 19.6. The van der Waals surface area contributed by atoms with Crippen molar-refractivity contribution in [2.45, 2.75) is 37.6 Å². The van der Waals surface area contributed by atoms with Crippen LogP contribution in [0.3, 0.4) is 0 Å². The van der Waals surface area contributed by atoms with E-state index in [1.165, 1.54) is 12.1 Å². The summed E-state index contributed by atoms with van der Waals surface area (Å²) in [7, 11) is 0. The molecule has 2 aromatic heterocycles. The van der Waals surface area contributed by atoms with Gasteiger partial charge in [-0.2, -0.15) is 23.3 Å². The van der Waals surface area contributed by atoms with E-state index in [1.54, 1.807) is 43.1 Å². The van der Waals surface area contributed by atoms with Crippen LogP contribution in [0.5, 0.6) is 0 Å². The summed E-state index contributed by atoms with van der Waals surface area (Å²) in [5.74, 6) is -0.505. The summed E-state index contributed by atoms with van der Waals surface area (Å²) in [6, 6.07) is 9.00. The van der Waals surface area contributed by atoms with E-state index in [2.05, 4.69) is 20.2 Å². The molecule has 2 aliphatic heterocycles. The first-order valence-electron chi connectivity index (χ1n) is 12.8. The molecule has 41 heavy (non-hydrogen) atoms. The van der Waals surface area contributed by atoms with Gasteiger partial charge in [0.25, 0.3) is 5.91 Å². The Bertz CT molecular complexity index is 1670. The number of nitrogens with zero attached hydrogens (tertiary/aromatic N) is 5. The molecule has 1 fully saturated rings. The first kappa shape index (κ1) is 27.6. The number of aromatic amines is 1. The van der Waals surface area contributed by atoms with Gasteiger partial charge in [-0.15, -0.1) is 0 Å². The number of likely N-dealkylation sites (tertiary alicyclic amines) is 1. The summed E-state index contributed by atoms with van der Waals surface area (Å²) in [6.45, 7) is 1.36. The zero-order chi connectivity index (χ0) is 28.8. The first-order valence-corrected chi connectivity index (χ1v) is 14.0. The molecule has 6 rings (SSSR count). The summed E-state index contributed by atoms with van der Waals surface area (Å²) in [5, 5.41) is 19.2. The van der Waals surface area contributed by atoms with Gasteiger partial charge < -0.3 is 14.6 Å². The largest absolute Gasteiger partial charge is 0.416 e. The number of aliphatic hydroxyl groups is 1. The topological polar surface area (TPSA) is 99.4 Å². The minimum Gasteiger partial charge on any atom is -0.388 e. The van der Waals surface area contributed by atoms with Crippen molar-refractivity contribution in [2.24, 2.45) is 4.99 Å². The van der Waals surface area contributed by atoms with Crippen molar-refractivity contribution in [1.82, 2.24) is 24.6 Å². The van der Waals surface area contributed by atoms with Crippen molar-refractivity contribution in [2.75, 3.05) is 13.1 Å². The monoisotopic (exact) mass is 600 g/mol. The second-order valence-electron chi connectivity index (χ2n) is 10.2. The van der Waals surface area contributed by atoms with E-state index in [1.807, 2.05) is 9.47 Å². The van der Waals surface area contributed by atoms with Gasteiger partial charge in [0.1, 0.15) is 0 Å². The molecule has 4 heterocycles. The number of amides is 1. The minimum atomic E-state index is -4.62. The van der Waals surface area contributed by atoms with Crippen LogP contribution in [0, 0.1) is 0 Å². The lowest BCUT2D eigenvalue weighted by atomic mass is 9.91. The van der Waals surface area contributed by atoms with Crippen LogP contribution < -0.4 is 0 Å². The molecular weight excluding hydrogens is 577 g/mol. The average Bonchev–Trinajstić information content (AvgIpc) is 3.69. The molecule has 0 aliphatic carbocycles. The normalized spacial score (nSPS) is 18.7. The second-order valence-corrected chi connectivity index (χ2v) is 11.6. The molecule has 0 radical (unpaired) electrons. The molecular formula is C28H24ClF3N6O2S. The van der Waals surface area contributed by atoms with Gasteiger partial charge in [-0.3, -0.25) is 9.89 Å². The predicted octanol–water partition coefficient (Wildman–Crippen LogP) is 5.54. The van der Waals surface area contributed by atoms with E-state index in [4.69, 9.17) is 11.6 Å². The number of rotatable bonds is 5. The van der Waals surface area contributed by atoms with E-state index >= 15 is 0 Å². The highest BCUT2D eigenvalue weighted by molar-refractivity contribution is 8.18. The summed E-state index contributed by atoms with van der Waals surface area (Å²) in [5.41, 5.74) is 0.0287. The fourth-order valence-electron chi connectivity index (χ4n) is 5.21. The lowest BCUT2D eigenvalue weighted by Crippen LogP contribution is -2.47. The van der Waals surface area contributed by atoms with Crippen LogP contribution in [0.4, 0.5) is 13.2 Å². The third kappa shape index (κ3) is 5.77. The number of fused-ring (bicyclic) bond motifs is 1. The molecule has 2 N–H and O–H groups in total. The number of alkyl halides is 3. The third-order valence-electron chi connectivity index (χ3n) is 7.39. The van der Waals surface area contributed by atoms with Crippen LogP contribution >= 0.6 is 23.4 Å². The number of nitrogens with one attached hydrogen (secondary N) is 1. The Kier molecular flexibility index (Phi) is 7.16. The van der Waals surface area contributed by atoms with Crippen LogP contribution in [0.25, 0.3) is 16.5 Å². The molecule has 0 unspecified atom stereocenters. The Balaban J connectivity index is 1.31. The highest BCUT2D eigenvalue weighted by atomic mass is 35.5. The lowest BCUT2D eigenvalue weighted by molar-refractivity contribution is -0.138. The highest BCUT2D eigenvalue weighted by Crippen LogP contribution is 2.41. The Hall–Kier alpha value is -3.61. The number of thioether (sulfide) groups is 1. The Morgan fingerprint density at radius 1 is 1.17 bits per heavy atom. The molecule has 4 aromatic rings. The molecule has 0 atom stereocenters. The number of imidazole rings is 1. The van der Waals surface area contributed by atoms with E-state index < -0.39 is 23.2 Å². The molecule has 0 spiro atoms. The number of piperidine rings is 1. The number of carbonyl (C=O) groups excluding carboxylic acids is 1. The standard InChI is InChI=1S/C28H24ClF3N6O2S/c29-20-3-1-18(22(13-20)28(30,31)32)12-21(17-2-4-23-19(11-17)14-34-36-23)24-25(39)35-26(41-24)38-8-5-27(40,6-9-38)15-37-10-7-33-16-37/h1-4,7,10-11,13-14,16,40H,5-6,8-9,12,15H2,(H,34,36). The van der Waals surface area contributed by atoms with E-state index in [0.717, 1.165) is 28.7 Å². The van der Waals surface area contributed by atoms with Gasteiger partial charge in [0.15, 0.2) is 5.17 Å². The summed E-state index contributed by atoms with van der Waals surface area (Å²) >= 11 is 7.07. The molecule has 0 saturated carbocycles. The van der Waals surface area contributed by atoms with Gasteiger partial charge in [0.05, 0.1) is 40.7 Å². The fraction of sp³-hybridized carbons (Fsp3) is 0.286. The Morgan fingerprint density at radius 3 is 2.71 bits per heavy atom. The van der Waals surface area contributed by atoms with E-state index in [9.17, 15) is 23.1 Å². The molecule has 0 bridgehead atoms. The van der Waals surface area contributed by atoms with Crippen LogP contribution in [0.2, 0.25) is 5.02 Å². The molecule has 1 amide bonds. The van der Waals surface area contributed by atoms with Crippen LogP contribution in [-0.4, -0.2) is 59.5 Å². The van der Waals surface area contributed by atoms with Gasteiger partial charge in [-0.05, 0) is 72.0 Å². The highest BCUT2D eigenvalue weighted by Gasteiger charge is 2.38. The van der Waals surface area contributed by atoms with Crippen molar-refractivity contribution in [3.63, 3.8) is 0 Å². The van der Waals surface area contributed by atoms with Gasteiger partial charge in [0.2, 0.25) is 0 Å². The molecule has 212 valence electrons.